The van der Waals surface area contributed by atoms with E-state index >= 15 is 0 Å². The summed E-state index contributed by atoms with van der Waals surface area (Å²) in [7, 11) is 0. The molecule has 1 aromatic heterocycles. The zero-order chi connectivity index (χ0) is 13.2. The minimum absolute atomic E-state index is 0.0139. The van der Waals surface area contributed by atoms with Crippen LogP contribution < -0.4 is 5.32 Å². The number of alkyl halides is 3. The zero-order valence-electron chi connectivity index (χ0n) is 10.2. The second-order valence-corrected chi connectivity index (χ2v) is 4.85. The Balaban J connectivity index is 1.80. The molecule has 2 N–H and O–H groups in total. The van der Waals surface area contributed by atoms with E-state index in [0.29, 0.717) is 18.7 Å². The Morgan fingerprint density at radius 2 is 2.00 bits per heavy atom. The summed E-state index contributed by atoms with van der Waals surface area (Å²) < 4.78 is 37.5. The molecular formula is C11H17F3N4. The van der Waals surface area contributed by atoms with Crippen molar-refractivity contribution in [3.63, 3.8) is 0 Å². The lowest BCUT2D eigenvalue weighted by molar-refractivity contribution is -0.182. The van der Waals surface area contributed by atoms with Crippen LogP contribution in [0.3, 0.4) is 0 Å². The molecule has 1 fully saturated rings. The lowest BCUT2D eigenvalue weighted by Gasteiger charge is -2.31. The molecule has 7 heteroatoms. The van der Waals surface area contributed by atoms with E-state index in [2.05, 4.69) is 20.5 Å². The Labute approximate surface area is 103 Å². The number of hydrogen-bond donors (Lipinski definition) is 2. The molecule has 2 rings (SSSR count). The normalized spacial score (nSPS) is 27.1. The average molecular weight is 262 g/mol. The predicted octanol–water partition coefficient (Wildman–Crippen LogP) is 2.58. The fourth-order valence-corrected chi connectivity index (χ4v) is 2.44. The highest BCUT2D eigenvalue weighted by Crippen LogP contribution is 2.37. The van der Waals surface area contributed by atoms with Crippen LogP contribution in [0.2, 0.25) is 0 Å². The molecular weight excluding hydrogens is 245 g/mol. The summed E-state index contributed by atoms with van der Waals surface area (Å²) in [5.74, 6) is -0.413. The van der Waals surface area contributed by atoms with Gasteiger partial charge >= 0.3 is 6.18 Å². The van der Waals surface area contributed by atoms with Gasteiger partial charge in [0.25, 0.3) is 0 Å². The van der Waals surface area contributed by atoms with Crippen LogP contribution in [0, 0.1) is 5.92 Å². The van der Waals surface area contributed by atoms with Gasteiger partial charge in [-0.05, 0) is 32.6 Å². The smallest absolute Gasteiger partial charge is 0.305 e. The zero-order valence-corrected chi connectivity index (χ0v) is 10.2. The van der Waals surface area contributed by atoms with Crippen molar-refractivity contribution in [2.75, 3.05) is 0 Å². The molecule has 0 bridgehead atoms. The second kappa shape index (κ2) is 5.26. The third-order valence-corrected chi connectivity index (χ3v) is 3.52. The highest BCUT2D eigenvalue weighted by Gasteiger charge is 2.41. The van der Waals surface area contributed by atoms with Gasteiger partial charge in [-0.15, -0.1) is 0 Å². The van der Waals surface area contributed by atoms with Crippen molar-refractivity contribution >= 4 is 0 Å². The van der Waals surface area contributed by atoms with Crippen molar-refractivity contribution < 1.29 is 13.2 Å². The number of halogens is 3. The largest absolute Gasteiger partial charge is 0.391 e. The van der Waals surface area contributed by atoms with Crippen molar-refractivity contribution in [1.82, 2.24) is 20.5 Å². The lowest BCUT2D eigenvalue weighted by Crippen LogP contribution is -2.38. The summed E-state index contributed by atoms with van der Waals surface area (Å²) in [6.07, 6.45) is -1.07. The molecule has 1 aliphatic carbocycles. The molecule has 1 heterocycles. The van der Waals surface area contributed by atoms with E-state index in [9.17, 15) is 13.2 Å². The van der Waals surface area contributed by atoms with E-state index < -0.39 is 12.1 Å². The van der Waals surface area contributed by atoms with Crippen LogP contribution in [0.4, 0.5) is 13.2 Å². The number of rotatable bonds is 3. The molecule has 4 nitrogen and oxygen atoms in total. The summed E-state index contributed by atoms with van der Waals surface area (Å²) in [5.41, 5.74) is 0. The van der Waals surface area contributed by atoms with Gasteiger partial charge in [0, 0.05) is 6.04 Å². The minimum atomic E-state index is -4.04. The number of aromatic amines is 1. The maximum absolute atomic E-state index is 12.5. The molecule has 1 saturated carbocycles. The van der Waals surface area contributed by atoms with E-state index in [-0.39, 0.29) is 24.9 Å². The first-order chi connectivity index (χ1) is 8.47. The molecule has 0 spiro atoms. The van der Waals surface area contributed by atoms with Crippen molar-refractivity contribution in [2.24, 2.45) is 5.92 Å². The Hall–Kier alpha value is -1.11. The third kappa shape index (κ3) is 3.22. The van der Waals surface area contributed by atoms with Crippen molar-refractivity contribution in [3.8, 4) is 0 Å². The Morgan fingerprint density at radius 3 is 2.50 bits per heavy atom. The van der Waals surface area contributed by atoms with Gasteiger partial charge in [-0.2, -0.15) is 18.3 Å². The van der Waals surface area contributed by atoms with E-state index in [1.54, 1.807) is 0 Å². The van der Waals surface area contributed by atoms with E-state index in [4.69, 9.17) is 0 Å². The number of hydrogen-bond acceptors (Lipinski definition) is 3. The highest BCUT2D eigenvalue weighted by atomic mass is 19.4. The molecule has 1 unspecified atom stereocenters. The number of nitrogens with one attached hydrogen (secondary N) is 2. The quantitative estimate of drug-likeness (QED) is 0.880. The molecule has 1 aromatic rings. The van der Waals surface area contributed by atoms with Crippen LogP contribution in [-0.2, 0) is 0 Å². The Bertz CT molecular complexity index is 355. The van der Waals surface area contributed by atoms with Gasteiger partial charge in [0.05, 0.1) is 12.0 Å². The first-order valence-electron chi connectivity index (χ1n) is 6.15. The number of aromatic nitrogens is 3. The number of nitrogens with zero attached hydrogens (tertiary/aromatic N) is 2. The monoisotopic (exact) mass is 262 g/mol. The van der Waals surface area contributed by atoms with Gasteiger partial charge in [-0.3, -0.25) is 5.10 Å². The van der Waals surface area contributed by atoms with E-state index in [1.165, 1.54) is 6.33 Å². The molecule has 102 valence electrons. The first-order valence-corrected chi connectivity index (χ1v) is 6.15. The van der Waals surface area contributed by atoms with E-state index in [1.807, 2.05) is 6.92 Å². The predicted molar refractivity (Wildman–Crippen MR) is 59.7 cm³/mol. The van der Waals surface area contributed by atoms with Crippen molar-refractivity contribution in [2.45, 2.75) is 50.9 Å². The maximum atomic E-state index is 12.5. The van der Waals surface area contributed by atoms with Crippen molar-refractivity contribution in [3.05, 3.63) is 12.2 Å². The molecule has 1 atom stereocenters. The molecule has 0 saturated heterocycles. The van der Waals surface area contributed by atoms with Crippen LogP contribution in [-0.4, -0.2) is 27.4 Å². The standard InChI is InChI=1S/C11H17F3N4/c1-7(10-15-6-16-18-10)17-9-4-2-8(3-5-9)11(12,13)14/h6-9,17H,2-5H2,1H3,(H,15,16,18). The molecule has 0 aromatic carbocycles. The van der Waals surface area contributed by atoms with Gasteiger partial charge in [-0.25, -0.2) is 4.98 Å². The van der Waals surface area contributed by atoms with Crippen LogP contribution in [0.15, 0.2) is 6.33 Å². The van der Waals surface area contributed by atoms with Crippen molar-refractivity contribution in [1.29, 1.82) is 0 Å². The van der Waals surface area contributed by atoms with Crippen LogP contribution in [0.1, 0.15) is 44.5 Å². The van der Waals surface area contributed by atoms with Crippen LogP contribution >= 0.6 is 0 Å². The minimum Gasteiger partial charge on any atom is -0.305 e. The van der Waals surface area contributed by atoms with Crippen LogP contribution in [0.5, 0.6) is 0 Å². The third-order valence-electron chi connectivity index (χ3n) is 3.52. The molecule has 0 amide bonds. The molecule has 1 aliphatic rings. The number of H-pyrrole nitrogens is 1. The summed E-state index contributed by atoms with van der Waals surface area (Å²) in [6, 6.07) is 0.114. The SMILES string of the molecule is CC(NC1CCC(C(F)(F)F)CC1)c1ncn[nH]1. The van der Waals surface area contributed by atoms with Gasteiger partial charge in [0.1, 0.15) is 12.2 Å². The lowest BCUT2D eigenvalue weighted by atomic mass is 9.85. The molecule has 0 radical (unpaired) electrons. The summed E-state index contributed by atoms with van der Waals surface area (Å²) in [5, 5.41) is 9.80. The van der Waals surface area contributed by atoms with Gasteiger partial charge in [0.2, 0.25) is 0 Å². The molecule has 0 aliphatic heterocycles. The maximum Gasteiger partial charge on any atom is 0.391 e. The topological polar surface area (TPSA) is 53.6 Å². The fraction of sp³-hybridized carbons (Fsp3) is 0.818. The molecule has 18 heavy (non-hydrogen) atoms. The van der Waals surface area contributed by atoms with Gasteiger partial charge in [-0.1, -0.05) is 0 Å². The van der Waals surface area contributed by atoms with Gasteiger partial charge in [0.15, 0.2) is 0 Å². The average Bonchev–Trinajstić information content (AvgIpc) is 2.82. The van der Waals surface area contributed by atoms with Crippen LogP contribution in [0.25, 0.3) is 0 Å². The first kappa shape index (κ1) is 13.3. The highest BCUT2D eigenvalue weighted by molar-refractivity contribution is 4.91. The van der Waals surface area contributed by atoms with E-state index in [0.717, 1.165) is 0 Å². The van der Waals surface area contributed by atoms with Gasteiger partial charge < -0.3 is 5.32 Å². The second-order valence-electron chi connectivity index (χ2n) is 4.85. The summed E-state index contributed by atoms with van der Waals surface area (Å²) in [4.78, 5) is 4.03. The fourth-order valence-electron chi connectivity index (χ4n) is 2.44. The Morgan fingerprint density at radius 1 is 1.33 bits per heavy atom. The Kier molecular flexibility index (Phi) is 3.89. The summed E-state index contributed by atoms with van der Waals surface area (Å²) in [6.45, 7) is 1.93. The summed E-state index contributed by atoms with van der Waals surface area (Å²) >= 11 is 0.